The Kier molecular flexibility index (Phi) is 7.45. The lowest BCUT2D eigenvalue weighted by molar-refractivity contribution is -0.873. The molecular weight excluding hydrogens is 206 g/mol. The van der Waals surface area contributed by atoms with Crippen LogP contribution in [-0.2, 0) is 0 Å². The molecule has 100 valence electrons. The van der Waals surface area contributed by atoms with Gasteiger partial charge in [0.1, 0.15) is 0 Å². The molecule has 1 heteroatoms. The van der Waals surface area contributed by atoms with Gasteiger partial charge in [0.25, 0.3) is 0 Å². The average molecular weight is 238 g/mol. The molecule has 1 unspecified atom stereocenters. The Bertz CT molecular complexity index is 255. The van der Waals surface area contributed by atoms with E-state index in [2.05, 4.69) is 54.6 Å². The van der Waals surface area contributed by atoms with Crippen LogP contribution < -0.4 is 0 Å². The van der Waals surface area contributed by atoms with Gasteiger partial charge in [-0.3, -0.25) is 0 Å². The summed E-state index contributed by atoms with van der Waals surface area (Å²) in [5.41, 5.74) is 2.93. The van der Waals surface area contributed by atoms with Crippen LogP contribution in [0.5, 0.6) is 0 Å². The van der Waals surface area contributed by atoms with Crippen molar-refractivity contribution < 1.29 is 4.48 Å². The molecule has 0 fully saturated rings. The molecule has 0 saturated heterocycles. The lowest BCUT2D eigenvalue weighted by Gasteiger charge is -2.30. The maximum atomic E-state index is 4.17. The first kappa shape index (κ1) is 16.4. The molecule has 0 aliphatic rings. The highest BCUT2D eigenvalue weighted by atomic mass is 15.3. The van der Waals surface area contributed by atoms with Gasteiger partial charge in [-0.05, 0) is 32.6 Å². The highest BCUT2D eigenvalue weighted by molar-refractivity contribution is 5.02. The fraction of sp³-hybridized carbons (Fsp3) is 0.750. The van der Waals surface area contributed by atoms with E-state index < -0.39 is 0 Å². The molecule has 0 aromatic rings. The second-order valence-electron chi connectivity index (χ2n) is 6.31. The summed E-state index contributed by atoms with van der Waals surface area (Å²) in [6.07, 6.45) is 7.03. The van der Waals surface area contributed by atoms with E-state index in [9.17, 15) is 0 Å². The van der Waals surface area contributed by atoms with E-state index in [1.807, 2.05) is 0 Å². The van der Waals surface area contributed by atoms with Gasteiger partial charge in [0.2, 0.25) is 0 Å². The highest BCUT2D eigenvalue weighted by Gasteiger charge is 2.19. The van der Waals surface area contributed by atoms with E-state index in [4.69, 9.17) is 0 Å². The van der Waals surface area contributed by atoms with Crippen molar-refractivity contribution in [3.8, 4) is 0 Å². The zero-order valence-electron chi connectivity index (χ0n) is 12.8. The molecule has 1 nitrogen and oxygen atoms in total. The predicted molar refractivity (Wildman–Crippen MR) is 79.1 cm³/mol. The van der Waals surface area contributed by atoms with Crippen LogP contribution in [0.1, 0.15) is 46.5 Å². The fourth-order valence-corrected chi connectivity index (χ4v) is 2.42. The van der Waals surface area contributed by atoms with Gasteiger partial charge in [0.15, 0.2) is 0 Å². The van der Waals surface area contributed by atoms with E-state index in [-0.39, 0.29) is 0 Å². The molecule has 0 bridgehead atoms. The topological polar surface area (TPSA) is 0 Å². The van der Waals surface area contributed by atoms with Gasteiger partial charge in [-0.2, -0.15) is 0 Å². The summed E-state index contributed by atoms with van der Waals surface area (Å²) in [7, 11) is 6.84. The first-order chi connectivity index (χ1) is 7.78. The predicted octanol–water partition coefficient (Wildman–Crippen LogP) is 4.41. The van der Waals surface area contributed by atoms with Gasteiger partial charge in [-0.15, -0.1) is 0 Å². The molecule has 0 amide bonds. The number of quaternary nitrogens is 1. The largest absolute Gasteiger partial charge is 0.331 e. The van der Waals surface area contributed by atoms with Crippen LogP contribution in [0.15, 0.2) is 23.8 Å². The van der Waals surface area contributed by atoms with Crippen molar-refractivity contribution in [2.45, 2.75) is 46.5 Å². The lowest BCUT2D eigenvalue weighted by Crippen LogP contribution is -2.39. The Balaban J connectivity index is 4.50. The second-order valence-corrected chi connectivity index (χ2v) is 6.31. The average Bonchev–Trinajstić information content (AvgIpc) is 2.14. The van der Waals surface area contributed by atoms with Gasteiger partial charge < -0.3 is 4.48 Å². The van der Waals surface area contributed by atoms with Crippen LogP contribution in [0.2, 0.25) is 0 Å². The van der Waals surface area contributed by atoms with E-state index >= 15 is 0 Å². The van der Waals surface area contributed by atoms with Crippen LogP contribution in [0.25, 0.3) is 0 Å². The van der Waals surface area contributed by atoms with Crippen molar-refractivity contribution in [2.24, 2.45) is 5.92 Å². The molecule has 0 spiro atoms. The van der Waals surface area contributed by atoms with Crippen LogP contribution in [0.4, 0.5) is 0 Å². The minimum Gasteiger partial charge on any atom is -0.331 e. The Labute approximate surface area is 109 Å². The lowest BCUT2D eigenvalue weighted by atomic mass is 9.91. The van der Waals surface area contributed by atoms with Crippen molar-refractivity contribution >= 4 is 0 Å². The van der Waals surface area contributed by atoms with Crippen molar-refractivity contribution in [1.82, 2.24) is 0 Å². The quantitative estimate of drug-likeness (QED) is 0.434. The van der Waals surface area contributed by atoms with Crippen LogP contribution >= 0.6 is 0 Å². The summed E-state index contributed by atoms with van der Waals surface area (Å²) in [5.74, 6) is 0.741. The third kappa shape index (κ3) is 9.17. The number of hydrogen-bond donors (Lipinski definition) is 0. The molecule has 0 aliphatic carbocycles. The summed E-state index contributed by atoms with van der Waals surface area (Å²) in [6, 6.07) is 0. The van der Waals surface area contributed by atoms with Crippen molar-refractivity contribution in [3.05, 3.63) is 23.8 Å². The summed E-state index contributed by atoms with van der Waals surface area (Å²) in [5, 5.41) is 0. The highest BCUT2D eigenvalue weighted by Crippen LogP contribution is 2.22. The molecule has 0 aromatic carbocycles. The molecule has 0 N–H and O–H groups in total. The van der Waals surface area contributed by atoms with E-state index in [1.165, 1.54) is 30.5 Å². The molecule has 17 heavy (non-hydrogen) atoms. The van der Waals surface area contributed by atoms with Gasteiger partial charge >= 0.3 is 0 Å². The number of allylic oxidation sites excluding steroid dienone is 3. The van der Waals surface area contributed by atoms with E-state index in [0.717, 1.165) is 23.2 Å². The zero-order valence-corrected chi connectivity index (χ0v) is 12.8. The van der Waals surface area contributed by atoms with Gasteiger partial charge in [-0.1, -0.05) is 37.6 Å². The van der Waals surface area contributed by atoms with Crippen LogP contribution in [0, 0.1) is 5.92 Å². The summed E-state index contributed by atoms with van der Waals surface area (Å²) in [6.45, 7) is 12.1. The Hall–Kier alpha value is -0.560. The van der Waals surface area contributed by atoms with Crippen molar-refractivity contribution in [2.75, 3.05) is 27.7 Å². The third-order valence-electron chi connectivity index (χ3n) is 3.05. The summed E-state index contributed by atoms with van der Waals surface area (Å²) >= 11 is 0. The van der Waals surface area contributed by atoms with Gasteiger partial charge in [-0.25, -0.2) is 0 Å². The molecule has 0 rings (SSSR count). The fourth-order valence-electron chi connectivity index (χ4n) is 2.42. The summed E-state index contributed by atoms with van der Waals surface area (Å²) in [4.78, 5) is 0. The SMILES string of the molecule is C=C(CC)CC(C/C(C)=C\CC)C[N+](C)(C)C. The molecule has 0 saturated carbocycles. The Morgan fingerprint density at radius 1 is 1.18 bits per heavy atom. The molecule has 1 atom stereocenters. The van der Waals surface area contributed by atoms with Gasteiger partial charge in [0, 0.05) is 5.92 Å². The molecule has 0 aliphatic heterocycles. The maximum absolute atomic E-state index is 4.17. The Morgan fingerprint density at radius 2 is 1.76 bits per heavy atom. The first-order valence-corrected chi connectivity index (χ1v) is 6.91. The number of rotatable bonds is 8. The zero-order chi connectivity index (χ0) is 13.5. The van der Waals surface area contributed by atoms with E-state index in [0.29, 0.717) is 0 Å². The molecule has 0 heterocycles. The third-order valence-corrected chi connectivity index (χ3v) is 3.05. The minimum atomic E-state index is 0.741. The number of nitrogens with zero attached hydrogens (tertiary/aromatic N) is 1. The monoisotopic (exact) mass is 238 g/mol. The molecule has 0 radical (unpaired) electrons. The van der Waals surface area contributed by atoms with Crippen LogP contribution in [0.3, 0.4) is 0 Å². The van der Waals surface area contributed by atoms with Gasteiger partial charge in [0.05, 0.1) is 27.7 Å². The first-order valence-electron chi connectivity index (χ1n) is 6.91. The summed E-state index contributed by atoms with van der Waals surface area (Å²) < 4.78 is 1.04. The second kappa shape index (κ2) is 7.71. The van der Waals surface area contributed by atoms with Crippen LogP contribution in [-0.4, -0.2) is 32.2 Å². The van der Waals surface area contributed by atoms with Crippen molar-refractivity contribution in [1.29, 1.82) is 0 Å². The maximum Gasteiger partial charge on any atom is 0.0815 e. The Morgan fingerprint density at radius 3 is 2.18 bits per heavy atom. The van der Waals surface area contributed by atoms with E-state index in [1.54, 1.807) is 0 Å². The minimum absolute atomic E-state index is 0.741. The smallest absolute Gasteiger partial charge is 0.0815 e. The number of hydrogen-bond acceptors (Lipinski definition) is 0. The normalized spacial score (nSPS) is 14.8. The molecule has 0 aromatic heterocycles. The molecular formula is C16H32N+. The van der Waals surface area contributed by atoms with Crippen molar-refractivity contribution in [3.63, 3.8) is 0 Å². The standard InChI is InChI=1S/C16H32N/c1-8-10-15(4)12-16(11-14(3)9-2)13-17(5,6)7/h10,16H,3,8-9,11-13H2,1-2,4-7H3/q+1/b15-10-.